The number of hydrogen-bond acceptors (Lipinski definition) is 17. The van der Waals surface area contributed by atoms with Crippen molar-refractivity contribution in [3.8, 4) is 28.7 Å². The van der Waals surface area contributed by atoms with Crippen LogP contribution in [0.25, 0.3) is 22.6 Å². The molecular weight excluding hydrogens is 1090 g/mol. The van der Waals surface area contributed by atoms with Gasteiger partial charge in [-0.05, 0) is 72.1 Å². The number of hydrogen-bond donors (Lipinski definition) is 4. The SMILES string of the molecule is N#Cc1ccc(=O)n(CC(=O)c2cccs2)c1-c1cc(NCc2ccc(Cl)s2)n(C(=O)c2ccccc2N)n1.O=C(O)Cn1ccc(N2CCOCC2)c(-c2cc(NCc3ccc(Cl)s3)n(C(=O)c3ccccc3)n2)c1=O. The number of carboxylic acid groups (broad SMARTS) is 1. The van der Waals surface area contributed by atoms with Crippen molar-refractivity contribution in [2.24, 2.45) is 0 Å². The Hall–Kier alpha value is -8.43. The third-order valence-electron chi connectivity index (χ3n) is 11.9. The number of halogens is 2. The molecule has 9 aromatic rings. The Labute approximate surface area is 460 Å². The number of morpholine rings is 1. The van der Waals surface area contributed by atoms with Crippen LogP contribution in [0.5, 0.6) is 0 Å². The molecule has 390 valence electrons. The zero-order valence-corrected chi connectivity index (χ0v) is 44.3. The molecule has 10 rings (SSSR count). The van der Waals surface area contributed by atoms with Gasteiger partial charge in [-0.25, -0.2) is 0 Å². The molecule has 77 heavy (non-hydrogen) atoms. The van der Waals surface area contributed by atoms with Crippen LogP contribution in [0.3, 0.4) is 0 Å². The van der Waals surface area contributed by atoms with Crippen LogP contribution in [0.15, 0.2) is 142 Å². The lowest BCUT2D eigenvalue weighted by Gasteiger charge is -2.30. The van der Waals surface area contributed by atoms with Crippen molar-refractivity contribution in [3.63, 3.8) is 0 Å². The van der Waals surface area contributed by atoms with Crippen LogP contribution in [0.4, 0.5) is 23.0 Å². The van der Waals surface area contributed by atoms with Gasteiger partial charge in [0.25, 0.3) is 22.9 Å². The maximum Gasteiger partial charge on any atom is 0.323 e. The fourth-order valence-electron chi connectivity index (χ4n) is 8.22. The molecule has 0 unspecified atom stereocenters. The van der Waals surface area contributed by atoms with E-state index in [-0.39, 0.29) is 57.7 Å². The van der Waals surface area contributed by atoms with Gasteiger partial charge in [0.1, 0.15) is 35.6 Å². The van der Waals surface area contributed by atoms with Crippen LogP contribution in [0, 0.1) is 11.3 Å². The molecule has 0 bridgehead atoms. The molecule has 2 aromatic carbocycles. The van der Waals surface area contributed by atoms with Gasteiger partial charge in [-0.15, -0.1) is 34.0 Å². The van der Waals surface area contributed by atoms with Gasteiger partial charge in [0, 0.05) is 58.5 Å². The number of para-hydroxylation sites is 1. The number of rotatable bonds is 16. The lowest BCUT2D eigenvalue weighted by molar-refractivity contribution is -0.137. The average Bonchev–Trinajstić information content (AvgIpc) is 4.33. The molecule has 1 aliphatic heterocycles. The first-order valence-corrected chi connectivity index (χ1v) is 26.7. The van der Waals surface area contributed by atoms with Crippen LogP contribution >= 0.6 is 57.2 Å². The molecule has 1 saturated heterocycles. The van der Waals surface area contributed by atoms with E-state index in [1.807, 2.05) is 23.1 Å². The Kier molecular flexibility index (Phi) is 16.7. The van der Waals surface area contributed by atoms with Crippen LogP contribution in [-0.2, 0) is 35.7 Å². The highest BCUT2D eigenvalue weighted by molar-refractivity contribution is 7.16. The summed E-state index contributed by atoms with van der Waals surface area (Å²) in [5.41, 5.74) is 7.50. The second kappa shape index (κ2) is 24.1. The predicted molar refractivity (Wildman–Crippen MR) is 298 cm³/mol. The molecule has 24 heteroatoms. The summed E-state index contributed by atoms with van der Waals surface area (Å²) in [5, 5.41) is 36.5. The maximum absolute atomic E-state index is 13.6. The molecule has 19 nitrogen and oxygen atoms in total. The number of ketones is 1. The fourth-order valence-corrected chi connectivity index (χ4v) is 10.9. The summed E-state index contributed by atoms with van der Waals surface area (Å²) < 4.78 is 11.4. The van der Waals surface area contributed by atoms with Crippen molar-refractivity contribution < 1.29 is 29.0 Å². The number of nitrogens with zero attached hydrogens (tertiary/aromatic N) is 8. The first-order valence-electron chi connectivity index (χ1n) is 23.4. The summed E-state index contributed by atoms with van der Waals surface area (Å²) in [6.45, 7) is 2.04. The van der Waals surface area contributed by atoms with Crippen LogP contribution in [-0.4, -0.2) is 83.7 Å². The number of benzene rings is 2. The Bertz CT molecular complexity index is 3810. The van der Waals surface area contributed by atoms with Gasteiger partial charge in [0.15, 0.2) is 5.78 Å². The number of nitrogen functional groups attached to an aromatic ring is 1. The number of carbonyl (C=O) groups excluding carboxylic acids is 3. The number of nitriles is 1. The predicted octanol–water partition coefficient (Wildman–Crippen LogP) is 8.77. The van der Waals surface area contributed by atoms with Gasteiger partial charge >= 0.3 is 5.97 Å². The number of carboxylic acids is 1. The molecule has 0 saturated carbocycles. The molecule has 1 fully saturated rings. The van der Waals surface area contributed by atoms with Crippen molar-refractivity contribution in [1.29, 1.82) is 5.26 Å². The van der Waals surface area contributed by atoms with Crippen molar-refractivity contribution in [3.05, 3.63) is 194 Å². The number of carbonyl (C=O) groups is 4. The van der Waals surface area contributed by atoms with E-state index in [1.165, 1.54) is 61.6 Å². The molecular formula is C53H43Cl2N11O8S3. The monoisotopic (exact) mass is 1130 g/mol. The van der Waals surface area contributed by atoms with Gasteiger partial charge in [-0.3, -0.25) is 33.3 Å². The molecule has 1 aliphatic rings. The molecule has 7 aromatic heterocycles. The van der Waals surface area contributed by atoms with Gasteiger partial charge < -0.3 is 35.7 Å². The second-order valence-corrected chi connectivity index (χ2v) is 21.4. The minimum absolute atomic E-state index is 0.126. The zero-order valence-electron chi connectivity index (χ0n) is 40.3. The molecule has 0 aliphatic carbocycles. The minimum Gasteiger partial charge on any atom is -0.480 e. The molecule has 0 radical (unpaired) electrons. The van der Waals surface area contributed by atoms with E-state index < -0.39 is 29.5 Å². The number of nitrogens with one attached hydrogen (secondary N) is 2. The number of aliphatic carboxylic acids is 1. The lowest BCUT2D eigenvalue weighted by Crippen LogP contribution is -2.38. The number of Topliss-reactive ketones (excluding diaryl/α,β-unsaturated/α-hetero) is 1. The van der Waals surface area contributed by atoms with Gasteiger partial charge in [0.05, 0.1) is 74.5 Å². The topological polar surface area (TPSA) is 254 Å². The Morgan fingerprint density at radius 1 is 0.753 bits per heavy atom. The summed E-state index contributed by atoms with van der Waals surface area (Å²) in [5.74, 6) is -1.62. The summed E-state index contributed by atoms with van der Waals surface area (Å²) in [4.78, 5) is 82.3. The van der Waals surface area contributed by atoms with Gasteiger partial charge in [0.2, 0.25) is 0 Å². The van der Waals surface area contributed by atoms with Gasteiger partial charge in [-0.1, -0.05) is 59.6 Å². The summed E-state index contributed by atoms with van der Waals surface area (Å²) in [7, 11) is 0. The number of nitrogens with two attached hydrogens (primary N) is 1. The third kappa shape index (κ3) is 12.3. The van der Waals surface area contributed by atoms with E-state index in [0.29, 0.717) is 75.8 Å². The van der Waals surface area contributed by atoms with Crippen LogP contribution < -0.4 is 32.4 Å². The quantitative estimate of drug-likeness (QED) is 0.0521. The Morgan fingerprint density at radius 3 is 2.00 bits per heavy atom. The van der Waals surface area contributed by atoms with E-state index in [0.717, 1.165) is 19.0 Å². The second-order valence-electron chi connectivity index (χ2n) is 16.9. The number of thiophene rings is 3. The smallest absolute Gasteiger partial charge is 0.323 e. The third-order valence-corrected chi connectivity index (χ3v) is 15.2. The van der Waals surface area contributed by atoms with Crippen LogP contribution in [0.2, 0.25) is 8.67 Å². The highest BCUT2D eigenvalue weighted by atomic mass is 35.5. The minimum atomic E-state index is -1.14. The molecule has 8 heterocycles. The molecule has 0 spiro atoms. The maximum atomic E-state index is 13.6. The van der Waals surface area contributed by atoms with Crippen molar-refractivity contribution in [1.82, 2.24) is 28.7 Å². The highest BCUT2D eigenvalue weighted by Gasteiger charge is 2.27. The van der Waals surface area contributed by atoms with Gasteiger partial charge in [-0.2, -0.15) is 24.8 Å². The average molecular weight is 1130 g/mol. The van der Waals surface area contributed by atoms with Crippen molar-refractivity contribution >= 4 is 104 Å². The van der Waals surface area contributed by atoms with Crippen molar-refractivity contribution in [2.45, 2.75) is 26.2 Å². The summed E-state index contributed by atoms with van der Waals surface area (Å²) in [6.07, 6.45) is 1.47. The molecule has 0 atom stereocenters. The number of ether oxygens (including phenoxy) is 1. The summed E-state index contributed by atoms with van der Waals surface area (Å²) in [6, 6.07) is 35.6. The first kappa shape index (κ1) is 53.4. The normalized spacial score (nSPS) is 12.1. The van der Waals surface area contributed by atoms with Crippen LogP contribution in [0.1, 0.15) is 45.7 Å². The van der Waals surface area contributed by atoms with E-state index in [1.54, 1.807) is 96.4 Å². The molecule has 0 amide bonds. The standard InChI is InChI=1S/C27H19ClN6O3S2.C26H24ClN5O5S/c28-23-9-8-17(39-23)14-31-24-12-20(32-34(24)27(37)18-4-1-2-5-19(18)30)26-16(13-29)7-10-25(36)33(26)15-21(35)22-6-3-11-38-22;27-21-7-6-18(38-21)15-28-22-14-19(29-32(22)25(35)17-4-2-1-3-5-17)24-20(30-10-12-37-13-11-30)8-9-31(26(24)36)16-23(33)34/h1-12,31H,14-15,30H2;1-9,14,28H,10-13,15-16H2,(H,33,34). The lowest BCUT2D eigenvalue weighted by atomic mass is 10.1. The Morgan fingerprint density at radius 2 is 1.39 bits per heavy atom. The molecule has 5 N–H and O–H groups in total. The number of aromatic nitrogens is 6. The van der Waals surface area contributed by atoms with E-state index in [9.17, 15) is 39.1 Å². The number of pyridine rings is 2. The number of anilines is 4. The highest BCUT2D eigenvalue weighted by Crippen LogP contribution is 2.32. The largest absolute Gasteiger partial charge is 0.480 e. The van der Waals surface area contributed by atoms with E-state index in [4.69, 9.17) is 33.7 Å². The first-order chi connectivity index (χ1) is 37.3. The fraction of sp³-hybridized carbons (Fsp3) is 0.151. The van der Waals surface area contributed by atoms with E-state index in [2.05, 4.69) is 26.9 Å². The Balaban J connectivity index is 0.000000188. The van der Waals surface area contributed by atoms with E-state index >= 15 is 0 Å². The zero-order chi connectivity index (χ0) is 54.2. The van der Waals surface area contributed by atoms with Crippen molar-refractivity contribution in [2.75, 3.05) is 47.6 Å². The summed E-state index contributed by atoms with van der Waals surface area (Å²) >= 11 is 16.2.